The number of benzene rings is 2. The molecule has 0 radical (unpaired) electrons. The Morgan fingerprint density at radius 1 is 1.08 bits per heavy atom. The number of amides is 2. The maximum Gasteiger partial charge on any atom is 0.418 e. The number of nitrogens with zero attached hydrogens (tertiary/aromatic N) is 1. The predicted molar refractivity (Wildman–Crippen MR) is 86.9 cm³/mol. The van der Waals surface area contributed by atoms with Gasteiger partial charge in [-0.05, 0) is 36.4 Å². The first-order valence-corrected chi connectivity index (χ1v) is 7.79. The zero-order valence-corrected chi connectivity index (χ0v) is 13.4. The Hall–Kier alpha value is -2.90. The molecule has 0 bridgehead atoms. The van der Waals surface area contributed by atoms with Crippen molar-refractivity contribution in [3.63, 3.8) is 0 Å². The van der Waals surface area contributed by atoms with Crippen molar-refractivity contribution < 1.29 is 27.2 Å². The Morgan fingerprint density at radius 2 is 1.73 bits per heavy atom. The number of rotatable bonds is 3. The molecule has 0 aliphatic carbocycles. The molecule has 8 heteroatoms. The van der Waals surface area contributed by atoms with Gasteiger partial charge in [-0.25, -0.2) is 4.39 Å². The fraction of sp³-hybridized carbons (Fsp3) is 0.222. The summed E-state index contributed by atoms with van der Waals surface area (Å²) < 4.78 is 52.0. The number of halogens is 4. The van der Waals surface area contributed by atoms with E-state index in [0.29, 0.717) is 5.69 Å². The summed E-state index contributed by atoms with van der Waals surface area (Å²) in [6.45, 7) is 0.0183. The molecule has 2 aromatic rings. The Labute approximate surface area is 146 Å². The van der Waals surface area contributed by atoms with Crippen LogP contribution in [0.1, 0.15) is 12.0 Å². The number of alkyl halides is 3. The van der Waals surface area contributed by atoms with E-state index >= 15 is 0 Å². The van der Waals surface area contributed by atoms with Crippen molar-refractivity contribution in [2.24, 2.45) is 5.92 Å². The van der Waals surface area contributed by atoms with Gasteiger partial charge in [-0.3, -0.25) is 9.59 Å². The molecule has 1 saturated heterocycles. The van der Waals surface area contributed by atoms with Gasteiger partial charge in [0.15, 0.2) is 0 Å². The van der Waals surface area contributed by atoms with Gasteiger partial charge in [-0.2, -0.15) is 13.2 Å². The molecule has 0 spiro atoms. The van der Waals surface area contributed by atoms with E-state index < -0.39 is 29.4 Å². The molecule has 1 aliphatic heterocycles. The number of carbonyl (C=O) groups is 2. The van der Waals surface area contributed by atoms with Crippen molar-refractivity contribution in [3.05, 3.63) is 59.9 Å². The van der Waals surface area contributed by atoms with Gasteiger partial charge in [0.1, 0.15) is 5.82 Å². The van der Waals surface area contributed by atoms with Crippen molar-refractivity contribution in [1.29, 1.82) is 0 Å². The Morgan fingerprint density at radius 3 is 2.38 bits per heavy atom. The Balaban J connectivity index is 1.74. The summed E-state index contributed by atoms with van der Waals surface area (Å²) in [4.78, 5) is 25.8. The van der Waals surface area contributed by atoms with Gasteiger partial charge < -0.3 is 10.2 Å². The van der Waals surface area contributed by atoms with Crippen molar-refractivity contribution >= 4 is 23.2 Å². The average molecular weight is 366 g/mol. The lowest BCUT2D eigenvalue weighted by Gasteiger charge is -2.17. The molecule has 1 fully saturated rings. The van der Waals surface area contributed by atoms with Crippen LogP contribution in [0.3, 0.4) is 0 Å². The molecule has 1 heterocycles. The zero-order valence-electron chi connectivity index (χ0n) is 13.4. The van der Waals surface area contributed by atoms with Crippen molar-refractivity contribution in [1.82, 2.24) is 0 Å². The highest BCUT2D eigenvalue weighted by atomic mass is 19.4. The lowest BCUT2D eigenvalue weighted by Crippen LogP contribution is -2.28. The lowest BCUT2D eigenvalue weighted by molar-refractivity contribution is -0.137. The van der Waals surface area contributed by atoms with Crippen LogP contribution in [0, 0.1) is 11.7 Å². The molecule has 3 rings (SSSR count). The number of anilines is 2. The van der Waals surface area contributed by atoms with Gasteiger partial charge in [0.05, 0.1) is 17.2 Å². The summed E-state index contributed by atoms with van der Waals surface area (Å²) in [5, 5.41) is 2.26. The van der Waals surface area contributed by atoms with Gasteiger partial charge in [0.25, 0.3) is 0 Å². The summed E-state index contributed by atoms with van der Waals surface area (Å²) in [7, 11) is 0. The number of hydrogen-bond donors (Lipinski definition) is 1. The average Bonchev–Trinajstić information content (AvgIpc) is 2.97. The van der Waals surface area contributed by atoms with E-state index in [4.69, 9.17) is 0 Å². The van der Waals surface area contributed by atoms with Crippen molar-refractivity contribution in [2.45, 2.75) is 12.6 Å². The molecule has 0 unspecified atom stereocenters. The van der Waals surface area contributed by atoms with Crippen LogP contribution < -0.4 is 10.2 Å². The molecule has 136 valence electrons. The van der Waals surface area contributed by atoms with Gasteiger partial charge in [0, 0.05) is 18.7 Å². The molecule has 0 saturated carbocycles. The predicted octanol–water partition coefficient (Wildman–Crippen LogP) is 3.84. The highest BCUT2D eigenvalue weighted by Crippen LogP contribution is 2.35. The molecule has 2 amide bonds. The van der Waals surface area contributed by atoms with Gasteiger partial charge in [0.2, 0.25) is 11.8 Å². The zero-order chi connectivity index (χ0) is 18.9. The minimum atomic E-state index is -4.60. The minimum Gasteiger partial charge on any atom is -0.325 e. The molecule has 1 N–H and O–H groups in total. The maximum atomic E-state index is 13.0. The minimum absolute atomic E-state index is 0.0183. The van der Waals surface area contributed by atoms with E-state index in [0.717, 1.165) is 12.1 Å². The second kappa shape index (κ2) is 6.78. The maximum absolute atomic E-state index is 13.0. The smallest absolute Gasteiger partial charge is 0.325 e. The van der Waals surface area contributed by atoms with Crippen LogP contribution in [-0.2, 0) is 15.8 Å². The normalized spacial score (nSPS) is 17.5. The third kappa shape index (κ3) is 3.68. The van der Waals surface area contributed by atoms with Crippen LogP contribution in [0.25, 0.3) is 0 Å². The molecule has 4 nitrogen and oxygen atoms in total. The molecule has 1 atom stereocenters. The summed E-state index contributed by atoms with van der Waals surface area (Å²) in [6.07, 6.45) is -4.73. The highest BCUT2D eigenvalue weighted by Gasteiger charge is 2.37. The van der Waals surface area contributed by atoms with E-state index in [9.17, 15) is 27.2 Å². The summed E-state index contributed by atoms with van der Waals surface area (Å²) in [5.74, 6) is -2.27. The van der Waals surface area contributed by atoms with Crippen LogP contribution in [0.5, 0.6) is 0 Å². The Bertz CT molecular complexity index is 834. The number of carbonyl (C=O) groups excluding carboxylic acids is 2. The van der Waals surface area contributed by atoms with Crippen molar-refractivity contribution in [3.8, 4) is 0 Å². The van der Waals surface area contributed by atoms with Crippen molar-refractivity contribution in [2.75, 3.05) is 16.8 Å². The number of nitrogens with one attached hydrogen (secondary N) is 1. The molecular formula is C18H14F4N2O2. The second-order valence-electron chi connectivity index (χ2n) is 5.91. The van der Waals surface area contributed by atoms with E-state index in [-0.39, 0.29) is 24.6 Å². The van der Waals surface area contributed by atoms with Crippen LogP contribution in [0.2, 0.25) is 0 Å². The number of para-hydroxylation sites is 1. The first-order chi connectivity index (χ1) is 12.3. The Kier molecular flexibility index (Phi) is 4.67. The summed E-state index contributed by atoms with van der Waals surface area (Å²) in [5.41, 5.74) is -0.867. The second-order valence-corrected chi connectivity index (χ2v) is 5.91. The summed E-state index contributed by atoms with van der Waals surface area (Å²) >= 11 is 0. The standard InChI is InChI=1S/C18H14F4N2O2/c19-12-5-7-13(8-6-12)24-10-11(9-16(24)25)17(26)23-15-4-2-1-3-14(15)18(20,21)22/h1-8,11H,9-10H2,(H,23,26)/t11-/m1/s1. The van der Waals surface area contributed by atoms with Crippen LogP contribution in [0.15, 0.2) is 48.5 Å². The first-order valence-electron chi connectivity index (χ1n) is 7.79. The molecule has 26 heavy (non-hydrogen) atoms. The molecule has 1 aliphatic rings. The first kappa shape index (κ1) is 17.9. The largest absolute Gasteiger partial charge is 0.418 e. The van der Waals surface area contributed by atoms with Gasteiger partial charge in [-0.15, -0.1) is 0 Å². The van der Waals surface area contributed by atoms with E-state index in [2.05, 4.69) is 5.32 Å². The van der Waals surface area contributed by atoms with Crippen LogP contribution in [0.4, 0.5) is 28.9 Å². The quantitative estimate of drug-likeness (QED) is 0.840. The molecular weight excluding hydrogens is 352 g/mol. The number of hydrogen-bond acceptors (Lipinski definition) is 2. The fourth-order valence-electron chi connectivity index (χ4n) is 2.83. The van der Waals surface area contributed by atoms with E-state index in [1.54, 1.807) is 0 Å². The topological polar surface area (TPSA) is 49.4 Å². The van der Waals surface area contributed by atoms with E-state index in [1.165, 1.54) is 41.3 Å². The lowest BCUT2D eigenvalue weighted by atomic mass is 10.1. The van der Waals surface area contributed by atoms with E-state index in [1.807, 2.05) is 0 Å². The summed E-state index contributed by atoms with van der Waals surface area (Å²) in [6, 6.07) is 9.85. The fourth-order valence-corrected chi connectivity index (χ4v) is 2.83. The van der Waals surface area contributed by atoms with Gasteiger partial charge >= 0.3 is 6.18 Å². The highest BCUT2D eigenvalue weighted by molar-refractivity contribution is 6.03. The van der Waals surface area contributed by atoms with Crippen LogP contribution >= 0.6 is 0 Å². The van der Waals surface area contributed by atoms with Gasteiger partial charge in [-0.1, -0.05) is 12.1 Å². The van der Waals surface area contributed by atoms with Crippen LogP contribution in [-0.4, -0.2) is 18.4 Å². The third-order valence-electron chi connectivity index (χ3n) is 4.12. The SMILES string of the molecule is O=C(Nc1ccccc1C(F)(F)F)[C@@H]1CC(=O)N(c2ccc(F)cc2)C1. The molecule has 0 aromatic heterocycles. The monoisotopic (exact) mass is 366 g/mol. The molecule has 2 aromatic carbocycles. The third-order valence-corrected chi connectivity index (χ3v) is 4.12.